The highest BCUT2D eigenvalue weighted by Gasteiger charge is 2.27. The van der Waals surface area contributed by atoms with Crippen LogP contribution in [0.5, 0.6) is 0 Å². The zero-order valence-corrected chi connectivity index (χ0v) is 48.8. The van der Waals surface area contributed by atoms with Crippen molar-refractivity contribution in [1.82, 2.24) is 59.2 Å². The number of rotatable bonds is 11. The van der Waals surface area contributed by atoms with E-state index in [4.69, 9.17) is 83.8 Å². The van der Waals surface area contributed by atoms with Crippen molar-refractivity contribution in [3.05, 3.63) is 172 Å². The lowest BCUT2D eigenvalue weighted by Gasteiger charge is -2.08. The van der Waals surface area contributed by atoms with Gasteiger partial charge in [-0.05, 0) is 94.6 Å². The molecule has 9 heterocycles. The fourth-order valence-corrected chi connectivity index (χ4v) is 10.1. The highest BCUT2D eigenvalue weighted by molar-refractivity contribution is 14.1. The van der Waals surface area contributed by atoms with Crippen LogP contribution in [0.1, 0.15) is 59.5 Å². The van der Waals surface area contributed by atoms with E-state index in [-0.39, 0.29) is 28.9 Å². The maximum Gasteiger partial charge on any atom is 0.278 e. The maximum absolute atomic E-state index is 12.5. The summed E-state index contributed by atoms with van der Waals surface area (Å²) in [6.07, 6.45) is 10.1. The van der Waals surface area contributed by atoms with Crippen LogP contribution < -0.4 is 32.6 Å². The normalized spacial score (nSPS) is 15.4. The van der Waals surface area contributed by atoms with E-state index in [2.05, 4.69) is 83.7 Å². The second kappa shape index (κ2) is 25.9. The van der Waals surface area contributed by atoms with E-state index < -0.39 is 0 Å². The van der Waals surface area contributed by atoms with Crippen molar-refractivity contribution >= 4 is 143 Å². The van der Waals surface area contributed by atoms with Crippen molar-refractivity contribution in [3.63, 3.8) is 0 Å². The van der Waals surface area contributed by atoms with Gasteiger partial charge in [-0.25, -0.2) is 15.0 Å². The van der Waals surface area contributed by atoms with E-state index in [0.717, 1.165) is 42.6 Å². The summed E-state index contributed by atoms with van der Waals surface area (Å²) in [5.74, 6) is 1.11. The Kier molecular flexibility index (Phi) is 18.9. The molecule has 0 radical (unpaired) electrons. The van der Waals surface area contributed by atoms with E-state index in [0.29, 0.717) is 129 Å². The maximum atomic E-state index is 12.5. The molecular weight excluding hydrogens is 1260 g/mol. The summed E-state index contributed by atoms with van der Waals surface area (Å²) in [6.45, 7) is 3.45. The van der Waals surface area contributed by atoms with Crippen LogP contribution in [0.25, 0.3) is 33.1 Å². The summed E-state index contributed by atoms with van der Waals surface area (Å²) in [6, 6.07) is 16.1. The summed E-state index contributed by atoms with van der Waals surface area (Å²) in [7, 11) is 5.16. The number of benzene rings is 3. The summed E-state index contributed by atoms with van der Waals surface area (Å²) < 4.78 is 21.4. The van der Waals surface area contributed by atoms with Gasteiger partial charge in [0.05, 0.1) is 49.6 Å². The molecule has 6 N–H and O–H groups in total. The van der Waals surface area contributed by atoms with Gasteiger partial charge in [-0.1, -0.05) is 100.0 Å². The first-order valence-corrected chi connectivity index (χ1v) is 27.6. The molecule has 3 aliphatic rings. The van der Waals surface area contributed by atoms with Gasteiger partial charge in [0.25, 0.3) is 16.7 Å². The molecule has 12 rings (SSSR count). The smallest absolute Gasteiger partial charge is 0.278 e. The molecule has 0 aliphatic carbocycles. The van der Waals surface area contributed by atoms with Crippen LogP contribution in [0.3, 0.4) is 0 Å². The third kappa shape index (κ3) is 13.9. The van der Waals surface area contributed by atoms with Crippen LogP contribution in [0.2, 0.25) is 30.1 Å². The summed E-state index contributed by atoms with van der Waals surface area (Å²) in [5, 5.41) is 25.3. The van der Waals surface area contributed by atoms with Crippen LogP contribution in [0.15, 0.2) is 93.5 Å². The standard InChI is InChI=1S/C17H17Cl2N5O2.C17H15Cl2N5O2.C13H10Cl2IN5O.C4H6O/c2*1-24-15-14(13(23-24)12-3-2-6-26-12)21-17(22-16(15)25)20-8-9-4-5-10(18)11(19)7-9;1-21-10-9(11(16)20-21)18-13(19-12(10)22)17-5-6-2-3-7(14)8(15)4-6;1-2-4-5-3-1/h4-5,7,12H,2-3,6,8H2,1H3,(H2,20,21,22,25);2-5,7,12H,6,8H2,1H3,(H2,20,21,22,25);2-4H,5H2,1H3,(H2,17,18,19,22);1,3H,2,4H2. The summed E-state index contributed by atoms with van der Waals surface area (Å²) in [5.41, 5.74) is 6.31. The number of aryl methyl sites for hydroxylation is 3. The Hall–Kier alpha value is -6.22. The lowest BCUT2D eigenvalue weighted by Crippen LogP contribution is -2.15. The molecule has 412 valence electrons. The number of halogens is 7. The Balaban J connectivity index is 0.000000138. The molecule has 1 saturated heterocycles. The molecule has 0 amide bonds. The van der Waals surface area contributed by atoms with Crippen molar-refractivity contribution < 1.29 is 14.2 Å². The van der Waals surface area contributed by atoms with Gasteiger partial charge in [-0.15, -0.1) is 0 Å². The predicted octanol–water partition coefficient (Wildman–Crippen LogP) is 10.7. The third-order valence-corrected chi connectivity index (χ3v) is 15.1. The lowest BCUT2D eigenvalue weighted by atomic mass is 10.1. The molecule has 21 nitrogen and oxygen atoms in total. The van der Waals surface area contributed by atoms with Gasteiger partial charge in [-0.3, -0.25) is 43.4 Å². The van der Waals surface area contributed by atoms with E-state index in [1.54, 1.807) is 68.5 Å². The molecule has 0 spiro atoms. The molecule has 2 unspecified atom stereocenters. The second-order valence-electron chi connectivity index (χ2n) is 17.8. The van der Waals surface area contributed by atoms with Gasteiger partial charge in [0.15, 0.2) is 16.6 Å². The van der Waals surface area contributed by atoms with Crippen LogP contribution in [0, 0.1) is 3.70 Å². The third-order valence-electron chi connectivity index (χ3n) is 12.2. The Morgan fingerprint density at radius 1 is 0.582 bits per heavy atom. The fraction of sp³-hybridized carbons (Fsp3) is 0.275. The Morgan fingerprint density at radius 2 is 1.04 bits per heavy atom. The van der Waals surface area contributed by atoms with E-state index in [1.807, 2.05) is 36.4 Å². The number of nitrogens with zero attached hydrogens (tertiary/aromatic N) is 9. The minimum absolute atomic E-state index is 0.115. The number of H-pyrrole nitrogens is 3. The Bertz CT molecular complexity index is 3940. The molecule has 28 heteroatoms. The highest BCUT2D eigenvalue weighted by Crippen LogP contribution is 2.32. The SMILES string of the molecule is C1=COCC1.Cn1nc(C2C=CCO2)c2nc(NCc3ccc(Cl)c(Cl)c3)[nH]c(=O)c21.Cn1nc(C2CCCO2)c2nc(NCc3ccc(Cl)c(Cl)c3)[nH]c(=O)c21.Cn1nc(I)c2nc(NCc3ccc(Cl)c(Cl)c3)[nH]c(=O)c21. The minimum atomic E-state index is -0.295. The number of aromatic nitrogens is 12. The monoisotopic (exact) mass is 1300 g/mol. The predicted molar refractivity (Wildman–Crippen MR) is 317 cm³/mol. The van der Waals surface area contributed by atoms with Gasteiger partial charge in [-0.2, -0.15) is 15.3 Å². The second-order valence-corrected chi connectivity index (χ2v) is 21.3. The van der Waals surface area contributed by atoms with Crippen LogP contribution in [0.4, 0.5) is 17.8 Å². The Labute approximate surface area is 493 Å². The number of fused-ring (bicyclic) bond motifs is 3. The van der Waals surface area contributed by atoms with Crippen LogP contribution in [-0.4, -0.2) is 79.1 Å². The van der Waals surface area contributed by atoms with Crippen molar-refractivity contribution in [1.29, 1.82) is 0 Å². The number of hydrogen-bond acceptors (Lipinski definition) is 15. The van der Waals surface area contributed by atoms with Gasteiger partial charge in [0, 0.05) is 53.8 Å². The average molecular weight is 1310 g/mol. The van der Waals surface area contributed by atoms with Crippen molar-refractivity contribution in [2.75, 3.05) is 35.8 Å². The molecule has 1 fully saturated rings. The molecule has 3 aromatic carbocycles. The average Bonchev–Trinajstić information content (AvgIpc) is 4.49. The summed E-state index contributed by atoms with van der Waals surface area (Å²) in [4.78, 5) is 58.7. The van der Waals surface area contributed by atoms with Crippen molar-refractivity contribution in [2.45, 2.75) is 51.1 Å². The molecule has 2 atom stereocenters. The van der Waals surface area contributed by atoms with Crippen molar-refractivity contribution in [2.24, 2.45) is 21.1 Å². The first kappa shape index (κ1) is 57.5. The first-order valence-electron chi connectivity index (χ1n) is 24.3. The van der Waals surface area contributed by atoms with Crippen LogP contribution >= 0.6 is 92.2 Å². The largest absolute Gasteiger partial charge is 0.501 e. The minimum Gasteiger partial charge on any atom is -0.501 e. The van der Waals surface area contributed by atoms with E-state index in [9.17, 15) is 14.4 Å². The first-order chi connectivity index (χ1) is 38.0. The molecular formula is C51H48Cl6IN15O6. The van der Waals surface area contributed by atoms with Gasteiger partial charge >= 0.3 is 0 Å². The quantitative estimate of drug-likeness (QED) is 0.0520. The molecule has 9 aromatic rings. The van der Waals surface area contributed by atoms with Gasteiger partial charge in [0.2, 0.25) is 17.8 Å². The number of aromatic amines is 3. The van der Waals surface area contributed by atoms with Crippen molar-refractivity contribution in [3.8, 4) is 0 Å². The molecule has 79 heavy (non-hydrogen) atoms. The van der Waals surface area contributed by atoms with Gasteiger partial charge in [0.1, 0.15) is 43.8 Å². The van der Waals surface area contributed by atoms with E-state index in [1.165, 1.54) is 9.36 Å². The molecule has 0 saturated carbocycles. The van der Waals surface area contributed by atoms with Gasteiger partial charge < -0.3 is 30.2 Å². The van der Waals surface area contributed by atoms with E-state index >= 15 is 0 Å². The lowest BCUT2D eigenvalue weighted by molar-refractivity contribution is 0.109. The zero-order chi connectivity index (χ0) is 55.9. The number of ether oxygens (including phenoxy) is 3. The molecule has 6 aromatic heterocycles. The zero-order valence-electron chi connectivity index (χ0n) is 42.1. The highest BCUT2D eigenvalue weighted by atomic mass is 127. The topological polar surface area (TPSA) is 254 Å². The molecule has 0 bridgehead atoms. The number of nitrogens with one attached hydrogen (secondary N) is 6. The van der Waals surface area contributed by atoms with Crippen LogP contribution in [-0.2, 0) is 55.0 Å². The Morgan fingerprint density at radius 3 is 1.44 bits per heavy atom. The molecule has 3 aliphatic heterocycles. The summed E-state index contributed by atoms with van der Waals surface area (Å²) >= 11 is 37.8. The fourth-order valence-electron chi connectivity index (χ4n) is 8.41. The number of hydrogen-bond donors (Lipinski definition) is 6. The number of anilines is 3.